The zero-order valence-corrected chi connectivity index (χ0v) is 18.0. The number of hydrogen-bond donors (Lipinski definition) is 2. The number of carbonyl (C=O) groups excluding carboxylic acids is 2. The van der Waals surface area contributed by atoms with E-state index in [0.29, 0.717) is 38.8 Å². The van der Waals surface area contributed by atoms with E-state index in [-0.39, 0.29) is 23.2 Å². The molecule has 1 fully saturated rings. The van der Waals surface area contributed by atoms with Crippen molar-refractivity contribution in [2.45, 2.75) is 13.5 Å². The van der Waals surface area contributed by atoms with Crippen molar-refractivity contribution in [2.24, 2.45) is 0 Å². The maximum Gasteiger partial charge on any atom is 0.324 e. The Labute approximate surface area is 189 Å². The number of urea groups is 1. The molecule has 0 saturated carbocycles. The number of aryl methyl sites for hydroxylation is 1. The quantitative estimate of drug-likeness (QED) is 0.616. The summed E-state index contributed by atoms with van der Waals surface area (Å²) in [6.45, 7) is 4.65. The zero-order chi connectivity index (χ0) is 23.4. The number of nitrogens with zero attached hydrogens (tertiary/aromatic N) is 5. The van der Waals surface area contributed by atoms with Gasteiger partial charge in [0.15, 0.2) is 5.82 Å². The van der Waals surface area contributed by atoms with Gasteiger partial charge in [-0.05, 0) is 31.2 Å². The smallest absolute Gasteiger partial charge is 0.324 e. The number of hydrogen-bond acceptors (Lipinski definition) is 5. The van der Waals surface area contributed by atoms with Crippen LogP contribution in [0.4, 0.5) is 30.9 Å². The summed E-state index contributed by atoms with van der Waals surface area (Å²) in [5.74, 6) is -0.626. The van der Waals surface area contributed by atoms with Crippen molar-refractivity contribution in [1.29, 1.82) is 0 Å². The Bertz CT molecular complexity index is 1120. The zero-order valence-electron chi connectivity index (χ0n) is 18.0. The van der Waals surface area contributed by atoms with Crippen LogP contribution in [0, 0.1) is 11.6 Å². The van der Waals surface area contributed by atoms with Crippen LogP contribution in [0.15, 0.2) is 48.8 Å². The molecule has 1 saturated heterocycles. The van der Waals surface area contributed by atoms with Crippen LogP contribution in [0.5, 0.6) is 0 Å². The van der Waals surface area contributed by atoms with Gasteiger partial charge in [-0.1, -0.05) is 6.07 Å². The Morgan fingerprint density at radius 1 is 1.03 bits per heavy atom. The van der Waals surface area contributed by atoms with Gasteiger partial charge in [0.2, 0.25) is 5.82 Å². The molecule has 11 heteroatoms. The molecule has 9 nitrogen and oxygen atoms in total. The molecule has 2 N–H and O–H groups in total. The first-order valence-corrected chi connectivity index (χ1v) is 10.5. The Balaban J connectivity index is 1.40. The molecular formula is C22H23F2N7O2. The molecule has 3 amide bonds. The van der Waals surface area contributed by atoms with E-state index in [9.17, 15) is 18.4 Å². The van der Waals surface area contributed by atoms with Gasteiger partial charge in [0.25, 0.3) is 5.91 Å². The van der Waals surface area contributed by atoms with Crippen molar-refractivity contribution in [2.75, 3.05) is 41.7 Å². The molecule has 0 bridgehead atoms. The largest absolute Gasteiger partial charge is 0.353 e. The van der Waals surface area contributed by atoms with Gasteiger partial charge in [-0.15, -0.1) is 0 Å². The molecule has 1 aromatic carbocycles. The van der Waals surface area contributed by atoms with Crippen LogP contribution in [0.3, 0.4) is 0 Å². The van der Waals surface area contributed by atoms with Crippen molar-refractivity contribution < 1.29 is 18.4 Å². The molecular weight excluding hydrogens is 432 g/mol. The van der Waals surface area contributed by atoms with E-state index in [4.69, 9.17) is 0 Å². The molecule has 33 heavy (non-hydrogen) atoms. The van der Waals surface area contributed by atoms with E-state index >= 15 is 0 Å². The van der Waals surface area contributed by atoms with Crippen LogP contribution in [0.2, 0.25) is 0 Å². The highest BCUT2D eigenvalue weighted by Gasteiger charge is 2.26. The summed E-state index contributed by atoms with van der Waals surface area (Å²) >= 11 is 0. The number of rotatable bonds is 5. The molecule has 4 rings (SSSR count). The lowest BCUT2D eigenvalue weighted by Gasteiger charge is -2.35. The first-order valence-electron chi connectivity index (χ1n) is 10.5. The Morgan fingerprint density at radius 2 is 1.76 bits per heavy atom. The summed E-state index contributed by atoms with van der Waals surface area (Å²) in [7, 11) is 0. The second kappa shape index (κ2) is 9.63. The number of piperazine rings is 1. The highest BCUT2D eigenvalue weighted by atomic mass is 19.1. The standard InChI is InChI=1S/C22H23F2N7O2/c1-2-29-14-18(28-22(33)26-17-12-15(23)11-16(24)13-17)27-20(29)21(32)31-9-7-30(8-10-31)19-5-3-4-6-25-19/h3-6,11-14H,2,7-10H2,1H3,(H2,26,28,33). The van der Waals surface area contributed by atoms with Crippen LogP contribution in [-0.4, -0.2) is 57.6 Å². The third-order valence-corrected chi connectivity index (χ3v) is 5.21. The summed E-state index contributed by atoms with van der Waals surface area (Å²) in [5, 5.41) is 4.84. The van der Waals surface area contributed by atoms with Gasteiger partial charge in [-0.3, -0.25) is 10.1 Å². The third kappa shape index (κ3) is 5.25. The Kier molecular flexibility index (Phi) is 6.48. The lowest BCUT2D eigenvalue weighted by molar-refractivity contribution is 0.0729. The van der Waals surface area contributed by atoms with Gasteiger partial charge in [-0.25, -0.2) is 23.5 Å². The second-order valence-corrected chi connectivity index (χ2v) is 7.44. The average Bonchev–Trinajstić information content (AvgIpc) is 3.21. The molecule has 2 aromatic heterocycles. The molecule has 3 heterocycles. The Hall–Kier alpha value is -4.02. The predicted molar refractivity (Wildman–Crippen MR) is 119 cm³/mol. The number of aromatic nitrogens is 3. The number of benzene rings is 1. The SMILES string of the molecule is CCn1cc(NC(=O)Nc2cc(F)cc(F)c2)nc1C(=O)N1CCN(c2ccccn2)CC1. The molecule has 0 unspecified atom stereocenters. The van der Waals surface area contributed by atoms with Gasteiger partial charge in [0.05, 0.1) is 0 Å². The van der Waals surface area contributed by atoms with E-state index < -0.39 is 17.7 Å². The van der Waals surface area contributed by atoms with Gasteiger partial charge in [-0.2, -0.15) is 0 Å². The van der Waals surface area contributed by atoms with Crippen molar-refractivity contribution in [1.82, 2.24) is 19.4 Å². The van der Waals surface area contributed by atoms with Crippen LogP contribution in [0.1, 0.15) is 17.5 Å². The topological polar surface area (TPSA) is 95.4 Å². The number of pyridine rings is 1. The van der Waals surface area contributed by atoms with Crippen LogP contribution < -0.4 is 15.5 Å². The van der Waals surface area contributed by atoms with E-state index in [1.165, 1.54) is 0 Å². The highest BCUT2D eigenvalue weighted by molar-refractivity contribution is 5.99. The van der Waals surface area contributed by atoms with E-state index in [1.54, 1.807) is 21.9 Å². The summed E-state index contributed by atoms with van der Waals surface area (Å²) in [6, 6.07) is 7.68. The van der Waals surface area contributed by atoms with Crippen molar-refractivity contribution >= 4 is 29.3 Å². The van der Waals surface area contributed by atoms with E-state index in [2.05, 4.69) is 25.5 Å². The van der Waals surface area contributed by atoms with Gasteiger partial charge < -0.3 is 19.7 Å². The predicted octanol–water partition coefficient (Wildman–Crippen LogP) is 3.18. The monoisotopic (exact) mass is 455 g/mol. The number of nitrogens with one attached hydrogen (secondary N) is 2. The van der Waals surface area contributed by atoms with Crippen molar-refractivity contribution in [3.05, 3.63) is 66.3 Å². The summed E-state index contributed by atoms with van der Waals surface area (Å²) < 4.78 is 28.3. The minimum absolute atomic E-state index is 0.0398. The minimum atomic E-state index is -0.809. The number of carbonyl (C=O) groups is 2. The van der Waals surface area contributed by atoms with Crippen molar-refractivity contribution in [3.63, 3.8) is 0 Å². The fourth-order valence-electron chi connectivity index (χ4n) is 3.61. The highest BCUT2D eigenvalue weighted by Crippen LogP contribution is 2.17. The first kappa shape index (κ1) is 22.2. The Morgan fingerprint density at radius 3 is 2.39 bits per heavy atom. The van der Waals surface area contributed by atoms with Crippen LogP contribution >= 0.6 is 0 Å². The third-order valence-electron chi connectivity index (χ3n) is 5.21. The average molecular weight is 455 g/mol. The van der Waals surface area contributed by atoms with E-state index in [0.717, 1.165) is 18.0 Å². The van der Waals surface area contributed by atoms with Crippen molar-refractivity contribution in [3.8, 4) is 0 Å². The first-order chi connectivity index (χ1) is 15.9. The molecule has 3 aromatic rings. The summed E-state index contributed by atoms with van der Waals surface area (Å²) in [6.07, 6.45) is 3.28. The van der Waals surface area contributed by atoms with Crippen LogP contribution in [-0.2, 0) is 6.54 Å². The molecule has 172 valence electrons. The number of imidazole rings is 1. The number of amides is 3. The van der Waals surface area contributed by atoms with E-state index in [1.807, 2.05) is 25.1 Å². The molecule has 1 aliphatic rings. The lowest BCUT2D eigenvalue weighted by atomic mass is 10.3. The molecule has 0 atom stereocenters. The maximum absolute atomic E-state index is 13.3. The molecule has 0 aliphatic carbocycles. The van der Waals surface area contributed by atoms with Gasteiger partial charge >= 0.3 is 6.03 Å². The minimum Gasteiger partial charge on any atom is -0.353 e. The lowest BCUT2D eigenvalue weighted by Crippen LogP contribution is -2.49. The second-order valence-electron chi connectivity index (χ2n) is 7.44. The molecule has 1 aliphatic heterocycles. The van der Waals surface area contributed by atoms with Gasteiger partial charge in [0, 0.05) is 56.9 Å². The molecule has 0 radical (unpaired) electrons. The molecule has 0 spiro atoms. The number of halogens is 2. The van der Waals surface area contributed by atoms with Crippen LogP contribution in [0.25, 0.3) is 0 Å². The maximum atomic E-state index is 13.3. The summed E-state index contributed by atoms with van der Waals surface area (Å²) in [5.41, 5.74) is -0.0398. The summed E-state index contributed by atoms with van der Waals surface area (Å²) in [4.78, 5) is 37.8. The fourth-order valence-corrected chi connectivity index (χ4v) is 3.61. The fraction of sp³-hybridized carbons (Fsp3) is 0.273. The number of anilines is 3. The van der Waals surface area contributed by atoms with Gasteiger partial charge in [0.1, 0.15) is 17.5 Å². The normalized spacial score (nSPS) is 13.7.